The summed E-state index contributed by atoms with van der Waals surface area (Å²) in [6.07, 6.45) is 6.77. The molecule has 1 N–H and O–H groups in total. The number of halogens is 2. The van der Waals surface area contributed by atoms with Crippen LogP contribution in [0.5, 0.6) is 0 Å². The number of rotatable bonds is 3. The summed E-state index contributed by atoms with van der Waals surface area (Å²) < 4.78 is 13.7. The van der Waals surface area contributed by atoms with Crippen molar-refractivity contribution in [2.45, 2.75) is 37.5 Å². The highest BCUT2D eigenvalue weighted by atomic mass is 35.5. The van der Waals surface area contributed by atoms with E-state index in [-0.39, 0.29) is 5.82 Å². The minimum atomic E-state index is -0.153. The molecule has 27 heavy (non-hydrogen) atoms. The molecule has 1 aromatic heterocycles. The van der Waals surface area contributed by atoms with Crippen LogP contribution in [0.3, 0.4) is 0 Å². The quantitative estimate of drug-likeness (QED) is 0.600. The van der Waals surface area contributed by atoms with Gasteiger partial charge in [0.2, 0.25) is 0 Å². The molecule has 0 spiro atoms. The Labute approximate surface area is 164 Å². The van der Waals surface area contributed by atoms with E-state index in [0.29, 0.717) is 11.8 Å². The highest BCUT2D eigenvalue weighted by Gasteiger charge is 2.28. The van der Waals surface area contributed by atoms with Crippen molar-refractivity contribution in [1.82, 2.24) is 9.88 Å². The Kier molecular flexibility index (Phi) is 4.45. The lowest BCUT2D eigenvalue weighted by Crippen LogP contribution is -2.35. The summed E-state index contributed by atoms with van der Waals surface area (Å²) in [5.74, 6) is 0.971. The maximum atomic E-state index is 13.7. The third-order valence-corrected chi connectivity index (χ3v) is 6.73. The fourth-order valence-electron chi connectivity index (χ4n) is 5.04. The molecule has 5 rings (SSSR count). The molecule has 2 aliphatic rings. The number of piperidine rings is 1. The minimum absolute atomic E-state index is 0.153. The molecule has 2 heterocycles. The summed E-state index contributed by atoms with van der Waals surface area (Å²) in [4.78, 5) is 5.91. The van der Waals surface area contributed by atoms with Crippen molar-refractivity contribution in [2.75, 3.05) is 19.6 Å². The minimum Gasteiger partial charge on any atom is -0.361 e. The zero-order chi connectivity index (χ0) is 18.4. The Bertz CT molecular complexity index is 972. The molecule has 2 aromatic carbocycles. The largest absolute Gasteiger partial charge is 0.361 e. The van der Waals surface area contributed by atoms with Crippen molar-refractivity contribution in [2.24, 2.45) is 0 Å². The van der Waals surface area contributed by atoms with Crippen molar-refractivity contribution < 1.29 is 4.39 Å². The molecule has 1 aliphatic heterocycles. The van der Waals surface area contributed by atoms with Gasteiger partial charge in [-0.2, -0.15) is 0 Å². The average Bonchev–Trinajstić information content (AvgIpc) is 3.26. The van der Waals surface area contributed by atoms with Gasteiger partial charge in [-0.05, 0) is 97.6 Å². The maximum Gasteiger partial charge on any atom is 0.123 e. The van der Waals surface area contributed by atoms with Crippen LogP contribution in [0, 0.1) is 5.82 Å². The summed E-state index contributed by atoms with van der Waals surface area (Å²) >= 11 is 6.22. The molecule has 4 heteroatoms. The first kappa shape index (κ1) is 17.3. The molecule has 0 bridgehead atoms. The number of aromatic nitrogens is 1. The molecule has 0 amide bonds. The molecule has 2 nitrogen and oxygen atoms in total. The number of benzene rings is 2. The molecular formula is C23H24ClFN2. The molecule has 1 atom stereocenters. The van der Waals surface area contributed by atoms with Gasteiger partial charge in [-0.15, -0.1) is 0 Å². The highest BCUT2D eigenvalue weighted by Crippen LogP contribution is 2.38. The Morgan fingerprint density at radius 3 is 2.74 bits per heavy atom. The van der Waals surface area contributed by atoms with E-state index in [1.54, 1.807) is 6.07 Å². The van der Waals surface area contributed by atoms with Crippen LogP contribution < -0.4 is 0 Å². The van der Waals surface area contributed by atoms with E-state index in [1.807, 2.05) is 12.1 Å². The van der Waals surface area contributed by atoms with Gasteiger partial charge in [0.25, 0.3) is 0 Å². The van der Waals surface area contributed by atoms with Crippen LogP contribution in [-0.2, 0) is 6.42 Å². The van der Waals surface area contributed by atoms with Gasteiger partial charge >= 0.3 is 0 Å². The number of likely N-dealkylation sites (tertiary alicyclic amines) is 1. The van der Waals surface area contributed by atoms with E-state index < -0.39 is 0 Å². The van der Waals surface area contributed by atoms with Gasteiger partial charge in [0, 0.05) is 28.7 Å². The summed E-state index contributed by atoms with van der Waals surface area (Å²) in [7, 11) is 0. The van der Waals surface area contributed by atoms with Crippen molar-refractivity contribution in [3.8, 4) is 0 Å². The van der Waals surface area contributed by atoms with E-state index in [1.165, 1.54) is 35.6 Å². The van der Waals surface area contributed by atoms with Crippen molar-refractivity contribution >= 4 is 22.5 Å². The van der Waals surface area contributed by atoms with Gasteiger partial charge in [-0.3, -0.25) is 0 Å². The summed E-state index contributed by atoms with van der Waals surface area (Å²) in [5.41, 5.74) is 5.24. The SMILES string of the molecule is Fc1ccc2[nH]cc(C3CCN(CC4CCc5ccc(Cl)cc54)CC3)c2c1. The topological polar surface area (TPSA) is 19.0 Å². The van der Waals surface area contributed by atoms with Crippen molar-refractivity contribution in [3.63, 3.8) is 0 Å². The normalized spacial score (nSPS) is 21.0. The molecule has 0 saturated carbocycles. The van der Waals surface area contributed by atoms with E-state index >= 15 is 0 Å². The van der Waals surface area contributed by atoms with Crippen LogP contribution in [0.25, 0.3) is 10.9 Å². The second-order valence-corrected chi connectivity index (χ2v) is 8.52. The fraction of sp³-hybridized carbons (Fsp3) is 0.391. The molecule has 1 aliphatic carbocycles. The lowest BCUT2D eigenvalue weighted by atomic mass is 9.88. The van der Waals surface area contributed by atoms with Crippen LogP contribution in [-0.4, -0.2) is 29.5 Å². The van der Waals surface area contributed by atoms with Gasteiger partial charge in [0.05, 0.1) is 0 Å². The van der Waals surface area contributed by atoms with Crippen LogP contribution in [0.4, 0.5) is 4.39 Å². The van der Waals surface area contributed by atoms with E-state index in [2.05, 4.69) is 28.2 Å². The number of hydrogen-bond acceptors (Lipinski definition) is 1. The Morgan fingerprint density at radius 2 is 1.89 bits per heavy atom. The lowest BCUT2D eigenvalue weighted by molar-refractivity contribution is 0.200. The molecule has 1 saturated heterocycles. The van der Waals surface area contributed by atoms with Gasteiger partial charge in [-0.25, -0.2) is 4.39 Å². The fourth-order valence-corrected chi connectivity index (χ4v) is 5.22. The third kappa shape index (κ3) is 3.28. The van der Waals surface area contributed by atoms with E-state index in [4.69, 9.17) is 11.6 Å². The van der Waals surface area contributed by atoms with E-state index in [0.717, 1.165) is 48.4 Å². The average molecular weight is 383 g/mol. The van der Waals surface area contributed by atoms with Gasteiger partial charge in [0.15, 0.2) is 0 Å². The number of aryl methyl sites for hydroxylation is 1. The highest BCUT2D eigenvalue weighted by molar-refractivity contribution is 6.30. The maximum absolute atomic E-state index is 13.7. The first-order chi connectivity index (χ1) is 13.2. The molecule has 0 radical (unpaired) electrons. The zero-order valence-corrected chi connectivity index (χ0v) is 16.1. The first-order valence-electron chi connectivity index (χ1n) is 9.94. The molecule has 140 valence electrons. The predicted molar refractivity (Wildman–Crippen MR) is 109 cm³/mol. The Morgan fingerprint density at radius 1 is 1.04 bits per heavy atom. The number of hydrogen-bond donors (Lipinski definition) is 1. The molecule has 1 fully saturated rings. The first-order valence-corrected chi connectivity index (χ1v) is 10.3. The number of nitrogens with zero attached hydrogens (tertiary/aromatic N) is 1. The second kappa shape index (κ2) is 6.96. The van der Waals surface area contributed by atoms with Crippen LogP contribution in [0.2, 0.25) is 5.02 Å². The number of fused-ring (bicyclic) bond motifs is 2. The Hall–Kier alpha value is -1.84. The van der Waals surface area contributed by atoms with Gasteiger partial charge in [0.1, 0.15) is 5.82 Å². The number of aromatic amines is 1. The zero-order valence-electron chi connectivity index (χ0n) is 15.3. The molecular weight excluding hydrogens is 359 g/mol. The summed E-state index contributed by atoms with van der Waals surface area (Å²) in [6.45, 7) is 3.35. The van der Waals surface area contributed by atoms with Gasteiger partial charge < -0.3 is 9.88 Å². The second-order valence-electron chi connectivity index (χ2n) is 8.09. The third-order valence-electron chi connectivity index (χ3n) is 6.49. The number of H-pyrrole nitrogens is 1. The van der Waals surface area contributed by atoms with Crippen molar-refractivity contribution in [1.29, 1.82) is 0 Å². The number of nitrogens with one attached hydrogen (secondary N) is 1. The summed E-state index contributed by atoms with van der Waals surface area (Å²) in [6, 6.07) is 11.4. The van der Waals surface area contributed by atoms with E-state index in [9.17, 15) is 4.39 Å². The Balaban J connectivity index is 1.26. The predicted octanol–water partition coefficient (Wildman–Crippen LogP) is 5.87. The van der Waals surface area contributed by atoms with Crippen LogP contribution >= 0.6 is 11.6 Å². The smallest absolute Gasteiger partial charge is 0.123 e. The van der Waals surface area contributed by atoms with Crippen molar-refractivity contribution in [3.05, 3.63) is 70.1 Å². The standard InChI is InChI=1S/C23H24ClFN2/c24-18-4-3-15-1-2-17(20(15)11-18)14-27-9-7-16(8-10-27)22-13-26-23-6-5-19(25)12-21(22)23/h3-6,11-13,16-17,26H,1-2,7-10,14H2. The van der Waals surface area contributed by atoms with Crippen LogP contribution in [0.1, 0.15) is 47.8 Å². The summed E-state index contributed by atoms with van der Waals surface area (Å²) in [5, 5.41) is 1.90. The molecule has 3 aromatic rings. The van der Waals surface area contributed by atoms with Crippen LogP contribution in [0.15, 0.2) is 42.6 Å². The lowest BCUT2D eigenvalue weighted by Gasteiger charge is -2.33. The molecule has 1 unspecified atom stereocenters. The van der Waals surface area contributed by atoms with Gasteiger partial charge in [-0.1, -0.05) is 17.7 Å². The monoisotopic (exact) mass is 382 g/mol.